The highest BCUT2D eigenvalue weighted by Gasteiger charge is 2.36. The number of amides is 1. The molecule has 1 heterocycles. The molecule has 0 bridgehead atoms. The van der Waals surface area contributed by atoms with E-state index in [1.165, 1.54) is 4.90 Å². The molecule has 0 aliphatic carbocycles. The zero-order valence-corrected chi connectivity index (χ0v) is 10.8. The van der Waals surface area contributed by atoms with Crippen LogP contribution in [0.2, 0.25) is 0 Å². The van der Waals surface area contributed by atoms with E-state index in [0.29, 0.717) is 12.6 Å². The van der Waals surface area contributed by atoms with Crippen LogP contribution in [-0.4, -0.2) is 60.1 Å². The van der Waals surface area contributed by atoms with Crippen LogP contribution in [0.15, 0.2) is 18.2 Å². The molecule has 4 nitrogen and oxygen atoms in total. The monoisotopic (exact) mass is 270 g/mol. The van der Waals surface area contributed by atoms with Crippen LogP contribution in [0.5, 0.6) is 0 Å². The highest BCUT2D eigenvalue weighted by Crippen LogP contribution is 2.19. The van der Waals surface area contributed by atoms with Gasteiger partial charge in [-0.05, 0) is 26.2 Å². The fourth-order valence-corrected chi connectivity index (χ4v) is 2.28. The molecule has 0 spiro atoms. The summed E-state index contributed by atoms with van der Waals surface area (Å²) in [4.78, 5) is 15.3. The van der Waals surface area contributed by atoms with Gasteiger partial charge in [-0.15, -0.1) is 0 Å². The van der Waals surface area contributed by atoms with E-state index in [0.717, 1.165) is 12.1 Å². The molecule has 1 aliphatic heterocycles. The Kier molecular flexibility index (Phi) is 3.82. The summed E-state index contributed by atoms with van der Waals surface area (Å²) < 4.78 is 26.4. The van der Waals surface area contributed by atoms with Gasteiger partial charge in [0.25, 0.3) is 5.91 Å². The van der Waals surface area contributed by atoms with E-state index in [1.807, 2.05) is 4.90 Å². The lowest BCUT2D eigenvalue weighted by Crippen LogP contribution is -2.38. The lowest BCUT2D eigenvalue weighted by atomic mass is 10.2. The van der Waals surface area contributed by atoms with Crippen molar-refractivity contribution in [3.63, 3.8) is 0 Å². The Hall–Kier alpha value is -1.53. The fourth-order valence-electron chi connectivity index (χ4n) is 2.28. The first kappa shape index (κ1) is 13.9. The number of aliphatic hydroxyl groups is 1. The Morgan fingerprint density at radius 2 is 2.05 bits per heavy atom. The minimum Gasteiger partial charge on any atom is -0.390 e. The molecule has 0 radical (unpaired) electrons. The molecule has 1 fully saturated rings. The highest BCUT2D eigenvalue weighted by molar-refractivity contribution is 5.94. The number of rotatable bonds is 2. The zero-order chi connectivity index (χ0) is 14.2. The average Bonchev–Trinajstić information content (AvgIpc) is 2.70. The molecule has 0 saturated carbocycles. The Morgan fingerprint density at radius 1 is 1.37 bits per heavy atom. The maximum atomic E-state index is 13.5. The molecule has 1 amide bonds. The van der Waals surface area contributed by atoms with Crippen molar-refractivity contribution < 1.29 is 18.7 Å². The van der Waals surface area contributed by atoms with Gasteiger partial charge < -0.3 is 14.9 Å². The number of carbonyl (C=O) groups excluding carboxylic acids is 1. The molecule has 0 unspecified atom stereocenters. The van der Waals surface area contributed by atoms with E-state index < -0.39 is 23.6 Å². The molecule has 104 valence electrons. The molecule has 2 atom stereocenters. The van der Waals surface area contributed by atoms with Crippen LogP contribution in [0.25, 0.3) is 0 Å². The number of nitrogens with zero attached hydrogens (tertiary/aromatic N) is 2. The number of benzene rings is 1. The van der Waals surface area contributed by atoms with Crippen LogP contribution in [0, 0.1) is 11.6 Å². The number of carbonyl (C=O) groups is 1. The van der Waals surface area contributed by atoms with Crippen molar-refractivity contribution in [3.8, 4) is 0 Å². The summed E-state index contributed by atoms with van der Waals surface area (Å²) in [5.41, 5.74) is -0.173. The maximum absolute atomic E-state index is 13.5. The lowest BCUT2D eigenvalue weighted by Gasteiger charge is -2.21. The van der Waals surface area contributed by atoms with E-state index in [-0.39, 0.29) is 18.2 Å². The van der Waals surface area contributed by atoms with Gasteiger partial charge in [-0.25, -0.2) is 8.78 Å². The number of β-amino-alcohol motifs (C(OH)–C–C–N with tert-alkyl or cyclic N) is 1. The highest BCUT2D eigenvalue weighted by atomic mass is 19.1. The topological polar surface area (TPSA) is 43.8 Å². The van der Waals surface area contributed by atoms with Crippen LogP contribution in [-0.2, 0) is 0 Å². The number of hydrogen-bond donors (Lipinski definition) is 1. The van der Waals surface area contributed by atoms with Gasteiger partial charge in [0.05, 0.1) is 17.7 Å². The van der Waals surface area contributed by atoms with Crippen molar-refractivity contribution in [1.29, 1.82) is 0 Å². The van der Waals surface area contributed by atoms with Crippen molar-refractivity contribution in [1.82, 2.24) is 9.80 Å². The number of hydrogen-bond acceptors (Lipinski definition) is 3. The van der Waals surface area contributed by atoms with E-state index in [2.05, 4.69) is 0 Å². The van der Waals surface area contributed by atoms with Gasteiger partial charge in [0.15, 0.2) is 0 Å². The van der Waals surface area contributed by atoms with E-state index >= 15 is 0 Å². The van der Waals surface area contributed by atoms with Crippen molar-refractivity contribution in [2.24, 2.45) is 0 Å². The molecule has 1 aromatic rings. The summed E-state index contributed by atoms with van der Waals surface area (Å²) in [6, 6.07) is 2.69. The van der Waals surface area contributed by atoms with Crippen LogP contribution < -0.4 is 0 Å². The maximum Gasteiger partial charge on any atom is 0.256 e. The lowest BCUT2D eigenvalue weighted by molar-refractivity contribution is 0.0759. The molecule has 1 aliphatic rings. The SMILES string of the molecule is CN(C)[C@@H]1CN(C(=O)c2ccc(F)cc2F)C[C@H]1O. The summed E-state index contributed by atoms with van der Waals surface area (Å²) in [5, 5.41) is 9.85. The van der Waals surface area contributed by atoms with Gasteiger partial charge in [-0.2, -0.15) is 0 Å². The normalized spacial score (nSPS) is 23.2. The molecule has 1 N–H and O–H groups in total. The van der Waals surface area contributed by atoms with Gasteiger partial charge in [0, 0.05) is 19.2 Å². The Balaban J connectivity index is 2.17. The summed E-state index contributed by atoms with van der Waals surface area (Å²) in [6.07, 6.45) is -0.664. The van der Waals surface area contributed by atoms with Crippen molar-refractivity contribution in [2.45, 2.75) is 12.1 Å². The molecule has 6 heteroatoms. The largest absolute Gasteiger partial charge is 0.390 e. The second kappa shape index (κ2) is 5.22. The van der Waals surface area contributed by atoms with Gasteiger partial charge >= 0.3 is 0 Å². The van der Waals surface area contributed by atoms with Gasteiger partial charge in [0.1, 0.15) is 11.6 Å². The van der Waals surface area contributed by atoms with Gasteiger partial charge in [-0.1, -0.05) is 0 Å². The van der Waals surface area contributed by atoms with Crippen LogP contribution in [0.3, 0.4) is 0 Å². The van der Waals surface area contributed by atoms with E-state index in [9.17, 15) is 18.7 Å². The minimum absolute atomic E-state index is 0.151. The third kappa shape index (κ3) is 2.74. The second-order valence-corrected chi connectivity index (χ2v) is 4.93. The predicted molar refractivity (Wildman–Crippen MR) is 65.7 cm³/mol. The zero-order valence-electron chi connectivity index (χ0n) is 10.8. The summed E-state index contributed by atoms with van der Waals surface area (Å²) >= 11 is 0. The molecular formula is C13H16F2N2O2. The Morgan fingerprint density at radius 3 is 2.58 bits per heavy atom. The van der Waals surface area contributed by atoms with Crippen LogP contribution in [0.1, 0.15) is 10.4 Å². The molecular weight excluding hydrogens is 254 g/mol. The summed E-state index contributed by atoms with van der Waals surface area (Å²) in [6.45, 7) is 0.475. The number of aliphatic hydroxyl groups excluding tert-OH is 1. The smallest absolute Gasteiger partial charge is 0.256 e. The Bertz CT molecular complexity index is 494. The number of likely N-dealkylation sites (N-methyl/N-ethyl adjacent to an activating group) is 1. The van der Waals surface area contributed by atoms with Gasteiger partial charge in [0.2, 0.25) is 0 Å². The first-order valence-corrected chi connectivity index (χ1v) is 5.99. The number of likely N-dealkylation sites (tertiary alicyclic amines) is 1. The molecule has 1 saturated heterocycles. The van der Waals surface area contributed by atoms with Crippen molar-refractivity contribution in [3.05, 3.63) is 35.4 Å². The van der Waals surface area contributed by atoms with Crippen LogP contribution in [0.4, 0.5) is 8.78 Å². The summed E-state index contributed by atoms with van der Waals surface area (Å²) in [5.74, 6) is -2.13. The molecule has 1 aromatic carbocycles. The molecule has 19 heavy (non-hydrogen) atoms. The first-order valence-electron chi connectivity index (χ1n) is 5.99. The standard InChI is InChI=1S/C13H16F2N2O2/c1-16(2)11-6-17(7-12(11)18)13(19)9-4-3-8(14)5-10(9)15/h3-5,11-12,18H,6-7H2,1-2H3/t11-,12-/m1/s1. The molecule has 0 aromatic heterocycles. The van der Waals surface area contributed by atoms with E-state index in [1.54, 1.807) is 14.1 Å². The van der Waals surface area contributed by atoms with Crippen molar-refractivity contribution >= 4 is 5.91 Å². The average molecular weight is 270 g/mol. The predicted octanol–water partition coefficient (Wildman–Crippen LogP) is 0.712. The van der Waals surface area contributed by atoms with Crippen molar-refractivity contribution in [2.75, 3.05) is 27.2 Å². The minimum atomic E-state index is -0.882. The van der Waals surface area contributed by atoms with Crippen LogP contribution >= 0.6 is 0 Å². The third-order valence-electron chi connectivity index (χ3n) is 3.37. The summed E-state index contributed by atoms with van der Waals surface area (Å²) in [7, 11) is 3.61. The third-order valence-corrected chi connectivity index (χ3v) is 3.37. The number of halogens is 2. The van der Waals surface area contributed by atoms with E-state index in [4.69, 9.17) is 0 Å². The van der Waals surface area contributed by atoms with Gasteiger partial charge in [-0.3, -0.25) is 4.79 Å². The Labute approximate surface area is 110 Å². The molecule has 2 rings (SSSR count). The second-order valence-electron chi connectivity index (χ2n) is 4.93. The quantitative estimate of drug-likeness (QED) is 0.861. The fraction of sp³-hybridized carbons (Fsp3) is 0.462. The first-order chi connectivity index (χ1) is 8.90.